The molecule has 5 N–H and O–H groups in total. The van der Waals surface area contributed by atoms with Gasteiger partial charge in [-0.05, 0) is 62.6 Å². The number of rotatable bonds is 2. The minimum atomic E-state index is -1.87. The first kappa shape index (κ1) is 29.1. The van der Waals surface area contributed by atoms with Crippen LogP contribution in [0.4, 0.5) is 11.4 Å². The summed E-state index contributed by atoms with van der Waals surface area (Å²) in [5.41, 5.74) is -1.12. The molecule has 47 heavy (non-hydrogen) atoms. The van der Waals surface area contributed by atoms with Crippen molar-refractivity contribution < 1.29 is 34.5 Å². The van der Waals surface area contributed by atoms with Crippen LogP contribution in [-0.4, -0.2) is 123 Å². The normalized spacial score (nSPS) is 46.3. The fraction of sp³-hybridized carbons (Fsp3) is 0.467. The van der Waals surface area contributed by atoms with Crippen molar-refractivity contribution in [1.82, 2.24) is 19.6 Å². The molecule has 13 nitrogen and oxygen atoms in total. The Hall–Kier alpha value is -2.80. The van der Waals surface area contributed by atoms with Crippen LogP contribution in [0.1, 0.15) is 18.1 Å². The standard InChI is InChI=1S/C30H28N6O7S4/c1-25-21(40)35-19-27(13-8-4-6-10-15(13)31-19,17(38)29(35,46-44-25)23(42)33(25)2)28-14-9-5-7-11-16(14)32-20(28)36-22(41)26(12-37)34(3)24(43)30(36,18(28)39)47-45-26/h4-11,17-20,31-32,37-39H,12H2,1-3H3/t17?,18?,19?,20-,25?,26?,27?,28?,29?,30?/m1/s1. The van der Waals surface area contributed by atoms with E-state index in [1.807, 2.05) is 36.4 Å². The molecule has 8 saturated heterocycles. The van der Waals surface area contributed by atoms with Gasteiger partial charge in [0.25, 0.3) is 23.6 Å². The molecule has 244 valence electrons. The van der Waals surface area contributed by atoms with E-state index in [4.69, 9.17) is 0 Å². The van der Waals surface area contributed by atoms with Crippen molar-refractivity contribution in [2.75, 3.05) is 31.3 Å². The summed E-state index contributed by atoms with van der Waals surface area (Å²) in [5, 5.41) is 44.2. The summed E-state index contributed by atoms with van der Waals surface area (Å²) >= 11 is 0. The minimum Gasteiger partial charge on any atom is -0.392 e. The average Bonchev–Trinajstić information content (AvgIpc) is 3.72. The summed E-state index contributed by atoms with van der Waals surface area (Å²) in [7, 11) is 7.44. The van der Waals surface area contributed by atoms with Crippen LogP contribution in [0.5, 0.6) is 0 Å². The number of nitrogens with one attached hydrogen (secondary N) is 2. The van der Waals surface area contributed by atoms with Crippen LogP contribution < -0.4 is 10.6 Å². The Labute approximate surface area is 283 Å². The Morgan fingerprint density at radius 3 is 1.68 bits per heavy atom. The zero-order valence-electron chi connectivity index (χ0n) is 25.0. The van der Waals surface area contributed by atoms with Gasteiger partial charge < -0.3 is 35.8 Å². The first-order valence-corrected chi connectivity index (χ1v) is 19.4. The third-order valence-corrected chi connectivity index (χ3v) is 19.5. The number of amides is 4. The largest absolute Gasteiger partial charge is 0.392 e. The highest BCUT2D eigenvalue weighted by Gasteiger charge is 2.93. The van der Waals surface area contributed by atoms with Gasteiger partial charge in [-0.25, -0.2) is 0 Å². The van der Waals surface area contributed by atoms with E-state index >= 15 is 0 Å². The van der Waals surface area contributed by atoms with Gasteiger partial charge in [0, 0.05) is 25.5 Å². The van der Waals surface area contributed by atoms with Crippen molar-refractivity contribution in [3.8, 4) is 0 Å². The second-order valence-corrected chi connectivity index (χ2v) is 18.8. The number of aliphatic hydroxyl groups excluding tert-OH is 3. The predicted molar refractivity (Wildman–Crippen MR) is 176 cm³/mol. The predicted octanol–water partition coefficient (Wildman–Crippen LogP) is 0.303. The van der Waals surface area contributed by atoms with E-state index in [2.05, 4.69) is 10.6 Å². The molecule has 2 spiro atoms. The molecule has 10 aliphatic heterocycles. The topological polar surface area (TPSA) is 166 Å². The molecular formula is C30H28N6O7S4. The van der Waals surface area contributed by atoms with Crippen molar-refractivity contribution in [3.05, 3.63) is 59.7 Å². The smallest absolute Gasteiger partial charge is 0.265 e. The fourth-order valence-electron chi connectivity index (χ4n) is 9.92. The number of fused-ring (bicyclic) bond motifs is 11. The number of hydrogen-bond acceptors (Lipinski definition) is 13. The van der Waals surface area contributed by atoms with E-state index in [0.717, 1.165) is 32.4 Å². The molecule has 10 aliphatic rings. The van der Waals surface area contributed by atoms with Crippen LogP contribution in [0.15, 0.2) is 48.5 Å². The van der Waals surface area contributed by atoms with Gasteiger partial charge in [-0.1, -0.05) is 47.2 Å². The van der Waals surface area contributed by atoms with Crippen LogP contribution in [-0.2, 0) is 30.0 Å². The van der Waals surface area contributed by atoms with Gasteiger partial charge in [0.2, 0.25) is 14.6 Å². The van der Waals surface area contributed by atoms with Gasteiger partial charge in [-0.3, -0.25) is 29.0 Å². The van der Waals surface area contributed by atoms with Crippen LogP contribution in [0, 0.1) is 0 Å². The van der Waals surface area contributed by atoms with Crippen molar-refractivity contribution in [1.29, 1.82) is 0 Å². The number of benzene rings is 2. The lowest BCUT2D eigenvalue weighted by molar-refractivity contribution is -0.169. The minimum absolute atomic E-state index is 0.373. The van der Waals surface area contributed by atoms with E-state index in [1.165, 1.54) is 37.4 Å². The van der Waals surface area contributed by atoms with Crippen LogP contribution in [0.25, 0.3) is 0 Å². The molecular weight excluding hydrogens is 685 g/mol. The highest BCUT2D eigenvalue weighted by Crippen LogP contribution is 2.78. The SMILES string of the molecule is CN1C(=O)C23SSC1(C)C(=O)N2C1Nc2ccccc2C1(C12c4ccccc4N[C@@H]1N1C(=O)C4(CO)SSC1(C(=O)N4C)C2O)C3O. The van der Waals surface area contributed by atoms with Gasteiger partial charge in [-0.15, -0.1) is 0 Å². The Balaban J connectivity index is 1.35. The third kappa shape index (κ3) is 2.44. The molecule has 8 fully saturated rings. The summed E-state index contributed by atoms with van der Waals surface area (Å²) in [6.07, 6.45) is -5.50. The number of para-hydroxylation sites is 2. The van der Waals surface area contributed by atoms with Crippen LogP contribution in [0.3, 0.4) is 0 Å². The van der Waals surface area contributed by atoms with Crippen molar-refractivity contribution in [2.45, 2.75) is 61.8 Å². The first-order valence-electron chi connectivity index (χ1n) is 15.1. The average molecular weight is 713 g/mol. The number of hydrogen-bond donors (Lipinski definition) is 5. The lowest BCUT2D eigenvalue weighted by Crippen LogP contribution is -2.79. The molecule has 0 saturated carbocycles. The highest BCUT2D eigenvalue weighted by atomic mass is 33.1. The second kappa shape index (κ2) is 8.31. The second-order valence-electron chi connectivity index (χ2n) is 13.5. The maximum absolute atomic E-state index is 14.7. The summed E-state index contributed by atoms with van der Waals surface area (Å²) in [5.74, 6) is -1.94. The number of aliphatic hydroxyl groups is 3. The van der Waals surface area contributed by atoms with Gasteiger partial charge >= 0.3 is 0 Å². The van der Waals surface area contributed by atoms with E-state index in [0.29, 0.717) is 22.5 Å². The van der Waals surface area contributed by atoms with Crippen molar-refractivity contribution >= 4 is 78.2 Å². The quantitative estimate of drug-likeness (QED) is 0.271. The monoisotopic (exact) mass is 712 g/mol. The lowest BCUT2D eigenvalue weighted by Gasteiger charge is -2.58. The summed E-state index contributed by atoms with van der Waals surface area (Å²) in [6.45, 7) is 1.04. The Morgan fingerprint density at radius 1 is 0.681 bits per heavy atom. The first-order chi connectivity index (χ1) is 22.4. The molecule has 10 atom stereocenters. The molecule has 10 heterocycles. The molecule has 4 amide bonds. The zero-order valence-corrected chi connectivity index (χ0v) is 28.3. The Kier molecular flexibility index (Phi) is 5.15. The van der Waals surface area contributed by atoms with Crippen molar-refractivity contribution in [2.24, 2.45) is 0 Å². The fourth-order valence-corrected chi connectivity index (χ4v) is 17.1. The molecule has 0 aliphatic carbocycles. The zero-order chi connectivity index (χ0) is 32.8. The molecule has 12 rings (SSSR count). The highest BCUT2D eigenvalue weighted by molar-refractivity contribution is 8.78. The number of nitrogens with zero attached hydrogens (tertiary/aromatic N) is 4. The summed E-state index contributed by atoms with van der Waals surface area (Å²) in [4.78, 5) is 57.4. The third-order valence-electron chi connectivity index (χ3n) is 12.1. The number of piperazine rings is 2. The number of likely N-dealkylation sites (N-methyl/N-ethyl adjacent to an activating group) is 2. The lowest BCUT2D eigenvalue weighted by atomic mass is 9.52. The number of carbonyl (C=O) groups is 4. The van der Waals surface area contributed by atoms with Crippen LogP contribution in [0.2, 0.25) is 0 Å². The van der Waals surface area contributed by atoms with Gasteiger partial charge in [-0.2, -0.15) is 0 Å². The maximum Gasteiger partial charge on any atom is 0.265 e. The molecule has 4 bridgehead atoms. The number of anilines is 2. The molecule has 0 radical (unpaired) electrons. The van der Waals surface area contributed by atoms with Crippen molar-refractivity contribution in [3.63, 3.8) is 0 Å². The maximum atomic E-state index is 14.7. The molecule has 0 aromatic heterocycles. The molecule has 17 heteroatoms. The van der Waals surface area contributed by atoms with E-state index in [1.54, 1.807) is 26.1 Å². The van der Waals surface area contributed by atoms with Gasteiger partial charge in [0.15, 0.2) is 4.87 Å². The van der Waals surface area contributed by atoms with Gasteiger partial charge in [0.1, 0.15) is 24.5 Å². The van der Waals surface area contributed by atoms with E-state index in [-0.39, 0.29) is 5.91 Å². The molecule has 2 aromatic rings. The Morgan fingerprint density at radius 2 is 1.15 bits per heavy atom. The summed E-state index contributed by atoms with van der Waals surface area (Å²) < 4.78 is 0. The number of carbonyl (C=O) groups excluding carboxylic acids is 4. The van der Waals surface area contributed by atoms with Crippen LogP contribution >= 0.6 is 43.2 Å². The molecule has 2 aromatic carbocycles. The van der Waals surface area contributed by atoms with E-state index in [9.17, 15) is 34.5 Å². The van der Waals surface area contributed by atoms with Gasteiger partial charge in [0.05, 0.1) is 17.4 Å². The summed E-state index contributed by atoms with van der Waals surface area (Å²) in [6, 6.07) is 14.5. The van der Waals surface area contributed by atoms with E-state index < -0.39 is 79.2 Å². The molecule has 9 unspecified atom stereocenters. The Bertz CT molecular complexity index is 1920.